The standard InChI is InChI=1S/C77H142O6/c1-4-7-10-13-16-19-22-25-27-29-31-33-35-37-38-39-40-41-43-44-46-48-50-52-55-58-61-64-67-70-76(79)82-73-74(72-81-75(78)69-66-63-60-57-54-24-21-18-15-12-9-6-3)83-77(80)71-68-65-62-59-56-53-51-49-47-45-42-36-34-32-30-28-26-23-20-17-14-11-8-5-2/h18,21-22,25,29,31,35,37,74H,4-17,19-20,23-24,26-28,30,32-34,36,38-73H2,1-3H3/b21-18-,25-22-,31-29-,37-35-. The molecule has 0 aliphatic carbocycles. The summed E-state index contributed by atoms with van der Waals surface area (Å²) in [6.45, 7) is 6.67. The monoisotopic (exact) mass is 1160 g/mol. The summed E-state index contributed by atoms with van der Waals surface area (Å²) in [4.78, 5) is 38.4. The van der Waals surface area contributed by atoms with Crippen molar-refractivity contribution in [1.82, 2.24) is 0 Å². The fourth-order valence-electron chi connectivity index (χ4n) is 11.2. The summed E-state index contributed by atoms with van der Waals surface area (Å²) in [6.07, 6.45) is 91.6. The van der Waals surface area contributed by atoms with E-state index in [1.165, 1.54) is 289 Å². The van der Waals surface area contributed by atoms with Crippen LogP contribution in [0.4, 0.5) is 0 Å². The van der Waals surface area contributed by atoms with E-state index in [0.29, 0.717) is 19.3 Å². The third-order valence-electron chi connectivity index (χ3n) is 16.8. The molecule has 0 aromatic rings. The topological polar surface area (TPSA) is 78.9 Å². The van der Waals surface area contributed by atoms with Gasteiger partial charge < -0.3 is 14.2 Å². The fourth-order valence-corrected chi connectivity index (χ4v) is 11.2. The Morgan fingerprint density at radius 1 is 0.241 bits per heavy atom. The van der Waals surface area contributed by atoms with Crippen LogP contribution < -0.4 is 0 Å². The average Bonchev–Trinajstić information content (AvgIpc) is 3.49. The number of ether oxygens (including phenoxy) is 3. The highest BCUT2D eigenvalue weighted by molar-refractivity contribution is 5.71. The van der Waals surface area contributed by atoms with Crippen LogP contribution in [0, 0.1) is 0 Å². The molecule has 1 unspecified atom stereocenters. The predicted molar refractivity (Wildman–Crippen MR) is 362 cm³/mol. The van der Waals surface area contributed by atoms with E-state index in [1.807, 2.05) is 0 Å². The van der Waals surface area contributed by atoms with E-state index < -0.39 is 6.10 Å². The molecule has 0 aliphatic rings. The largest absolute Gasteiger partial charge is 0.462 e. The number of esters is 3. The van der Waals surface area contributed by atoms with Gasteiger partial charge in [0.25, 0.3) is 0 Å². The number of unbranched alkanes of at least 4 members (excludes halogenated alkanes) is 50. The Kier molecular flexibility index (Phi) is 69.6. The average molecular weight is 1160 g/mol. The van der Waals surface area contributed by atoms with Crippen LogP contribution in [0.25, 0.3) is 0 Å². The molecule has 0 rings (SSSR count). The first-order chi connectivity index (χ1) is 41.0. The number of carbonyl (C=O) groups excluding carboxylic acids is 3. The predicted octanol–water partition coefficient (Wildman–Crippen LogP) is 25.7. The van der Waals surface area contributed by atoms with E-state index in [4.69, 9.17) is 14.2 Å². The van der Waals surface area contributed by atoms with E-state index in [0.717, 1.165) is 77.0 Å². The molecule has 0 bridgehead atoms. The maximum atomic E-state index is 13.0. The summed E-state index contributed by atoms with van der Waals surface area (Å²) in [7, 11) is 0. The van der Waals surface area contributed by atoms with Gasteiger partial charge in [-0.05, 0) is 83.5 Å². The lowest BCUT2D eigenvalue weighted by Crippen LogP contribution is -2.30. The highest BCUT2D eigenvalue weighted by atomic mass is 16.6. The number of hydrogen-bond acceptors (Lipinski definition) is 6. The Hall–Kier alpha value is -2.63. The zero-order valence-corrected chi connectivity index (χ0v) is 56.0. The Bertz CT molecular complexity index is 1430. The van der Waals surface area contributed by atoms with Gasteiger partial charge >= 0.3 is 17.9 Å². The van der Waals surface area contributed by atoms with Gasteiger partial charge in [0.15, 0.2) is 6.10 Å². The lowest BCUT2D eigenvalue weighted by Gasteiger charge is -2.18. The van der Waals surface area contributed by atoms with Crippen molar-refractivity contribution in [3.63, 3.8) is 0 Å². The summed E-state index contributed by atoms with van der Waals surface area (Å²) in [5.74, 6) is -0.853. The molecule has 1 atom stereocenters. The third-order valence-corrected chi connectivity index (χ3v) is 16.8. The Labute approximate surface area is 518 Å². The lowest BCUT2D eigenvalue weighted by molar-refractivity contribution is -0.167. The molecule has 0 aliphatic heterocycles. The molecule has 0 N–H and O–H groups in total. The van der Waals surface area contributed by atoms with Gasteiger partial charge in [-0.3, -0.25) is 14.4 Å². The van der Waals surface area contributed by atoms with E-state index in [-0.39, 0.29) is 31.1 Å². The highest BCUT2D eigenvalue weighted by Crippen LogP contribution is 2.19. The minimum Gasteiger partial charge on any atom is -0.462 e. The van der Waals surface area contributed by atoms with Gasteiger partial charge in [0, 0.05) is 19.3 Å². The van der Waals surface area contributed by atoms with Crippen LogP contribution in [-0.2, 0) is 28.6 Å². The summed E-state index contributed by atoms with van der Waals surface area (Å²) in [5.41, 5.74) is 0. The number of hydrogen-bond donors (Lipinski definition) is 0. The van der Waals surface area contributed by atoms with Crippen LogP contribution >= 0.6 is 0 Å². The van der Waals surface area contributed by atoms with Gasteiger partial charge in [-0.15, -0.1) is 0 Å². The minimum absolute atomic E-state index is 0.0712. The van der Waals surface area contributed by atoms with Crippen molar-refractivity contribution in [1.29, 1.82) is 0 Å². The molecule has 486 valence electrons. The van der Waals surface area contributed by atoms with Crippen LogP contribution in [0.5, 0.6) is 0 Å². The smallest absolute Gasteiger partial charge is 0.306 e. The molecule has 6 nitrogen and oxygen atoms in total. The fraction of sp³-hybridized carbons (Fsp3) is 0.857. The zero-order valence-electron chi connectivity index (χ0n) is 56.0. The first kappa shape index (κ1) is 80.4. The highest BCUT2D eigenvalue weighted by Gasteiger charge is 2.19. The zero-order chi connectivity index (χ0) is 59.9. The quantitative estimate of drug-likeness (QED) is 0.0261. The molecule has 83 heavy (non-hydrogen) atoms. The molecule has 0 spiro atoms. The molecule has 0 aromatic carbocycles. The summed E-state index contributed by atoms with van der Waals surface area (Å²) in [6, 6.07) is 0. The van der Waals surface area contributed by atoms with Gasteiger partial charge in [0.05, 0.1) is 0 Å². The van der Waals surface area contributed by atoms with Gasteiger partial charge in [-0.2, -0.15) is 0 Å². The maximum Gasteiger partial charge on any atom is 0.306 e. The molecule has 0 saturated heterocycles. The molecule has 0 aromatic heterocycles. The minimum atomic E-state index is -0.775. The third kappa shape index (κ3) is 70.0. The van der Waals surface area contributed by atoms with Crippen LogP contribution in [-0.4, -0.2) is 37.2 Å². The van der Waals surface area contributed by atoms with E-state index in [1.54, 1.807) is 0 Å². The number of allylic oxidation sites excluding steroid dienone is 8. The molecular weight excluding hydrogens is 1020 g/mol. The summed E-state index contributed by atoms with van der Waals surface area (Å²) >= 11 is 0. The first-order valence-electron chi connectivity index (χ1n) is 37.1. The Morgan fingerprint density at radius 2 is 0.434 bits per heavy atom. The molecular formula is C77H142O6. The molecule has 0 fully saturated rings. The van der Waals surface area contributed by atoms with Crippen molar-refractivity contribution in [3.8, 4) is 0 Å². The van der Waals surface area contributed by atoms with Crippen LogP contribution in [0.1, 0.15) is 406 Å². The van der Waals surface area contributed by atoms with Gasteiger partial charge in [-0.25, -0.2) is 0 Å². The van der Waals surface area contributed by atoms with Crippen LogP contribution in [0.15, 0.2) is 48.6 Å². The van der Waals surface area contributed by atoms with Gasteiger partial charge in [-0.1, -0.05) is 352 Å². The second-order valence-corrected chi connectivity index (χ2v) is 25.2. The van der Waals surface area contributed by atoms with Gasteiger partial charge in [0.2, 0.25) is 0 Å². The van der Waals surface area contributed by atoms with Crippen molar-refractivity contribution in [2.75, 3.05) is 13.2 Å². The van der Waals surface area contributed by atoms with Crippen molar-refractivity contribution in [2.24, 2.45) is 0 Å². The van der Waals surface area contributed by atoms with Crippen molar-refractivity contribution in [2.45, 2.75) is 412 Å². The van der Waals surface area contributed by atoms with Crippen molar-refractivity contribution < 1.29 is 28.6 Å². The molecule has 6 heteroatoms. The molecule has 0 radical (unpaired) electrons. The molecule has 0 amide bonds. The van der Waals surface area contributed by atoms with E-state index in [9.17, 15) is 14.4 Å². The number of carbonyl (C=O) groups is 3. The SMILES string of the molecule is CCCCC/C=C\CCCCCCCC(=O)OCC(COC(=O)CCCCCCCCCCCCCCCC/C=C\C/C=C\C/C=C\CCCCCCC)OC(=O)CCCCCCCCCCCCCCCCCCCCCCCCCC. The molecule has 0 heterocycles. The van der Waals surface area contributed by atoms with Crippen molar-refractivity contribution in [3.05, 3.63) is 48.6 Å². The normalized spacial score (nSPS) is 12.3. The maximum absolute atomic E-state index is 13.0. The molecule has 0 saturated carbocycles. The Morgan fingerprint density at radius 3 is 0.711 bits per heavy atom. The van der Waals surface area contributed by atoms with Crippen LogP contribution in [0.2, 0.25) is 0 Å². The van der Waals surface area contributed by atoms with E-state index >= 15 is 0 Å². The second-order valence-electron chi connectivity index (χ2n) is 25.2. The summed E-state index contributed by atoms with van der Waals surface area (Å²) in [5, 5.41) is 0. The lowest BCUT2D eigenvalue weighted by atomic mass is 10.0. The first-order valence-corrected chi connectivity index (χ1v) is 37.1. The van der Waals surface area contributed by atoms with Crippen molar-refractivity contribution >= 4 is 17.9 Å². The summed E-state index contributed by atoms with van der Waals surface area (Å²) < 4.78 is 17.0. The second kappa shape index (κ2) is 71.8. The Balaban J connectivity index is 4.18. The van der Waals surface area contributed by atoms with E-state index in [2.05, 4.69) is 69.4 Å². The van der Waals surface area contributed by atoms with Gasteiger partial charge in [0.1, 0.15) is 13.2 Å². The number of rotatable bonds is 69. The van der Waals surface area contributed by atoms with Crippen LogP contribution in [0.3, 0.4) is 0 Å².